The molecule has 1 aromatic carbocycles. The summed E-state index contributed by atoms with van der Waals surface area (Å²) in [6.45, 7) is 4.52. The third kappa shape index (κ3) is 4.01. The Morgan fingerprint density at radius 1 is 1.06 bits per heavy atom. The van der Waals surface area contributed by atoms with Crippen molar-refractivity contribution in [3.8, 4) is 27.8 Å². The molecule has 4 aromatic heterocycles. The molecule has 164 valence electrons. The Hall–Kier alpha value is -3.55. The molecule has 1 aliphatic rings. The SMILES string of the molecule is Cc1ccc(-c2nn(-c3ccccc3)cc2CN2CCc3nc(-c4cccs4)ncc3C2)o1. The van der Waals surface area contributed by atoms with Crippen LogP contribution in [0.25, 0.3) is 27.8 Å². The molecule has 0 bridgehead atoms. The number of benzene rings is 1. The van der Waals surface area contributed by atoms with Gasteiger partial charge in [-0.05, 0) is 42.6 Å². The van der Waals surface area contributed by atoms with Gasteiger partial charge in [0.25, 0.3) is 0 Å². The maximum absolute atomic E-state index is 5.94. The lowest BCUT2D eigenvalue weighted by molar-refractivity contribution is 0.243. The maximum atomic E-state index is 5.94. The van der Waals surface area contributed by atoms with Crippen molar-refractivity contribution in [1.82, 2.24) is 24.6 Å². The number of hydrogen-bond donors (Lipinski definition) is 0. The van der Waals surface area contributed by atoms with Crippen molar-refractivity contribution in [2.24, 2.45) is 0 Å². The van der Waals surface area contributed by atoms with E-state index in [0.29, 0.717) is 0 Å². The Balaban J connectivity index is 1.28. The number of hydrogen-bond acceptors (Lipinski definition) is 6. The van der Waals surface area contributed by atoms with Crippen LogP contribution in [-0.4, -0.2) is 31.2 Å². The van der Waals surface area contributed by atoms with Gasteiger partial charge >= 0.3 is 0 Å². The van der Waals surface area contributed by atoms with Gasteiger partial charge in [0, 0.05) is 49.6 Å². The molecule has 7 heteroatoms. The molecule has 6 nitrogen and oxygen atoms in total. The second-order valence-electron chi connectivity index (χ2n) is 8.30. The van der Waals surface area contributed by atoms with Crippen LogP contribution in [-0.2, 0) is 19.5 Å². The van der Waals surface area contributed by atoms with Gasteiger partial charge in [-0.2, -0.15) is 5.10 Å². The molecule has 5 heterocycles. The van der Waals surface area contributed by atoms with Crippen molar-refractivity contribution in [3.05, 3.63) is 95.0 Å². The second-order valence-corrected chi connectivity index (χ2v) is 9.24. The molecule has 33 heavy (non-hydrogen) atoms. The minimum atomic E-state index is 0.786. The lowest BCUT2D eigenvalue weighted by atomic mass is 10.1. The van der Waals surface area contributed by atoms with E-state index in [2.05, 4.69) is 39.7 Å². The third-order valence-corrected chi connectivity index (χ3v) is 6.80. The minimum Gasteiger partial charge on any atom is -0.460 e. The average Bonchev–Trinajstić information content (AvgIpc) is 3.61. The predicted molar refractivity (Wildman–Crippen MR) is 129 cm³/mol. The highest BCUT2D eigenvalue weighted by Gasteiger charge is 2.22. The van der Waals surface area contributed by atoms with E-state index in [1.165, 1.54) is 5.56 Å². The number of aromatic nitrogens is 4. The van der Waals surface area contributed by atoms with E-state index in [1.54, 1.807) is 11.3 Å². The Labute approximate surface area is 196 Å². The molecule has 0 atom stereocenters. The summed E-state index contributed by atoms with van der Waals surface area (Å²) in [5, 5.41) is 6.95. The van der Waals surface area contributed by atoms with Crippen LogP contribution in [0.15, 0.2) is 76.8 Å². The highest BCUT2D eigenvalue weighted by atomic mass is 32.1. The molecular formula is C26H23N5OS. The molecule has 5 aromatic rings. The Bertz CT molecular complexity index is 1390. The van der Waals surface area contributed by atoms with E-state index in [9.17, 15) is 0 Å². The van der Waals surface area contributed by atoms with Crippen molar-refractivity contribution in [2.45, 2.75) is 26.4 Å². The fourth-order valence-corrected chi connectivity index (χ4v) is 4.95. The number of nitrogens with zero attached hydrogens (tertiary/aromatic N) is 5. The number of rotatable bonds is 5. The molecule has 0 unspecified atom stereocenters. The lowest BCUT2D eigenvalue weighted by Crippen LogP contribution is -2.31. The van der Waals surface area contributed by atoms with Gasteiger partial charge in [-0.3, -0.25) is 4.90 Å². The molecule has 0 saturated carbocycles. The summed E-state index contributed by atoms with van der Waals surface area (Å²) >= 11 is 1.68. The Morgan fingerprint density at radius 3 is 2.76 bits per heavy atom. The average molecular weight is 454 g/mol. The predicted octanol–water partition coefficient (Wildman–Crippen LogP) is 5.52. The maximum Gasteiger partial charge on any atom is 0.169 e. The van der Waals surface area contributed by atoms with Crippen molar-refractivity contribution in [1.29, 1.82) is 0 Å². The fraction of sp³-hybridized carbons (Fsp3) is 0.192. The standard InChI is InChI=1S/C26H23N5OS/c1-18-9-10-23(32-18)25-20(17-31(29-25)21-6-3-2-4-7-21)16-30-12-11-22-19(15-30)14-27-26(28-22)24-8-5-13-33-24/h2-10,13-14,17H,11-12,15-16H2,1H3. The van der Waals surface area contributed by atoms with Gasteiger partial charge in [-0.15, -0.1) is 11.3 Å². The normalized spacial score (nSPS) is 13.8. The summed E-state index contributed by atoms with van der Waals surface area (Å²) < 4.78 is 7.88. The van der Waals surface area contributed by atoms with Gasteiger partial charge < -0.3 is 4.42 Å². The zero-order valence-electron chi connectivity index (χ0n) is 18.3. The summed E-state index contributed by atoms with van der Waals surface area (Å²) in [7, 11) is 0. The Morgan fingerprint density at radius 2 is 1.97 bits per heavy atom. The summed E-state index contributed by atoms with van der Waals surface area (Å²) in [6.07, 6.45) is 5.03. The third-order valence-electron chi connectivity index (χ3n) is 5.93. The van der Waals surface area contributed by atoms with E-state index < -0.39 is 0 Å². The van der Waals surface area contributed by atoms with Crippen molar-refractivity contribution in [2.75, 3.05) is 6.54 Å². The quantitative estimate of drug-likeness (QED) is 0.351. The van der Waals surface area contributed by atoms with Gasteiger partial charge in [0.05, 0.1) is 16.3 Å². The largest absolute Gasteiger partial charge is 0.460 e. The van der Waals surface area contributed by atoms with Crippen LogP contribution in [0.2, 0.25) is 0 Å². The molecule has 6 rings (SSSR count). The van der Waals surface area contributed by atoms with E-state index >= 15 is 0 Å². The molecule has 1 aliphatic heterocycles. The lowest BCUT2D eigenvalue weighted by Gasteiger charge is -2.27. The van der Waals surface area contributed by atoms with E-state index in [4.69, 9.17) is 14.5 Å². The van der Waals surface area contributed by atoms with Crippen molar-refractivity contribution >= 4 is 11.3 Å². The van der Waals surface area contributed by atoms with Gasteiger partial charge in [0.15, 0.2) is 11.6 Å². The zero-order chi connectivity index (χ0) is 22.2. The topological polar surface area (TPSA) is 60.0 Å². The molecule has 0 radical (unpaired) electrons. The van der Waals surface area contributed by atoms with Crippen LogP contribution in [0.3, 0.4) is 0 Å². The monoisotopic (exact) mass is 453 g/mol. The molecule has 0 fully saturated rings. The first-order valence-corrected chi connectivity index (χ1v) is 11.9. The van der Waals surface area contributed by atoms with Crippen LogP contribution in [0.1, 0.15) is 22.6 Å². The van der Waals surface area contributed by atoms with Gasteiger partial charge in [0.2, 0.25) is 0 Å². The molecule has 0 aliphatic carbocycles. The minimum absolute atomic E-state index is 0.786. The van der Waals surface area contributed by atoms with Crippen LogP contribution in [0.5, 0.6) is 0 Å². The Kier molecular flexibility index (Phi) is 5.13. The highest BCUT2D eigenvalue weighted by molar-refractivity contribution is 7.13. The number of para-hydroxylation sites is 1. The summed E-state index contributed by atoms with van der Waals surface area (Å²) in [5.74, 6) is 2.52. The van der Waals surface area contributed by atoms with Crippen LogP contribution >= 0.6 is 11.3 Å². The molecule has 0 N–H and O–H groups in total. The van der Waals surface area contributed by atoms with Crippen LogP contribution < -0.4 is 0 Å². The van der Waals surface area contributed by atoms with Crippen LogP contribution in [0, 0.1) is 6.92 Å². The molecule has 0 amide bonds. The summed E-state index contributed by atoms with van der Waals surface area (Å²) in [4.78, 5) is 13.0. The molecule has 0 saturated heterocycles. The van der Waals surface area contributed by atoms with E-state index in [0.717, 1.165) is 70.9 Å². The van der Waals surface area contributed by atoms with Crippen molar-refractivity contribution in [3.63, 3.8) is 0 Å². The molecular weight excluding hydrogens is 430 g/mol. The second kappa shape index (κ2) is 8.42. The number of aryl methyl sites for hydroxylation is 1. The number of furan rings is 1. The first-order chi connectivity index (χ1) is 16.2. The van der Waals surface area contributed by atoms with Crippen LogP contribution in [0.4, 0.5) is 0 Å². The fourth-order valence-electron chi connectivity index (χ4n) is 4.28. The highest BCUT2D eigenvalue weighted by Crippen LogP contribution is 2.29. The molecule has 0 spiro atoms. The summed E-state index contributed by atoms with van der Waals surface area (Å²) in [5.41, 5.74) is 5.43. The van der Waals surface area contributed by atoms with Gasteiger partial charge in [0.1, 0.15) is 11.5 Å². The summed E-state index contributed by atoms with van der Waals surface area (Å²) in [6, 6.07) is 18.3. The first-order valence-electron chi connectivity index (χ1n) is 11.0. The van der Waals surface area contributed by atoms with Crippen molar-refractivity contribution < 1.29 is 4.42 Å². The zero-order valence-corrected chi connectivity index (χ0v) is 19.1. The van der Waals surface area contributed by atoms with E-state index in [1.807, 2.05) is 54.2 Å². The van der Waals surface area contributed by atoms with Gasteiger partial charge in [-0.25, -0.2) is 14.6 Å². The smallest absolute Gasteiger partial charge is 0.169 e. The number of fused-ring (bicyclic) bond motifs is 1. The first kappa shape index (κ1) is 20.1. The number of thiophene rings is 1. The van der Waals surface area contributed by atoms with Gasteiger partial charge in [-0.1, -0.05) is 24.3 Å². The van der Waals surface area contributed by atoms with E-state index in [-0.39, 0.29) is 0 Å².